The Labute approximate surface area is 293 Å². The van der Waals surface area contributed by atoms with Gasteiger partial charge in [-0.25, -0.2) is 13.1 Å². The van der Waals surface area contributed by atoms with Gasteiger partial charge in [0.05, 0.1) is 10.9 Å². The summed E-state index contributed by atoms with van der Waals surface area (Å²) in [6.07, 6.45) is 8.31. The van der Waals surface area contributed by atoms with Crippen molar-refractivity contribution in [3.8, 4) is 5.75 Å². The SMILES string of the molecule is C[C@@H]1[C@@H](C)CCC[C@H](CN2CC(C)(N(C)C)C2)[C@@H]2CC[C@H]2CN2CCCCc3cc(Cl)ccc3COc3ccc(cc32)C(=O)NS1(=O)=O. The topological polar surface area (TPSA) is 82.2 Å². The molecule has 48 heavy (non-hydrogen) atoms. The standard InChI is InChI=1S/C38H55ClN4O4S/c1-26-9-8-11-30(21-42-24-38(3,25-42)41(4)5)34-16-13-31(34)22-43-18-7-6-10-28-19-33(39)15-12-32(28)23-47-36-17-14-29(20-35(36)43)37(44)40-48(45,46)27(26)2/h12,14-15,17,19-20,26-27,30-31,34H,6-11,13,16,18,21-25H2,1-5H3,(H,40,44)/t26-,27+,30+,31-,34-/m0/s1. The lowest BCUT2D eigenvalue weighted by Crippen LogP contribution is -2.67. The number of rotatable bonds is 3. The maximum absolute atomic E-state index is 13.5. The van der Waals surface area contributed by atoms with Crippen LogP contribution in [0, 0.1) is 23.7 Å². The molecule has 2 aromatic rings. The second kappa shape index (κ2) is 14.5. The zero-order chi connectivity index (χ0) is 34.2. The van der Waals surface area contributed by atoms with E-state index in [0.29, 0.717) is 29.9 Å². The Morgan fingerprint density at radius 2 is 1.79 bits per heavy atom. The summed E-state index contributed by atoms with van der Waals surface area (Å²) >= 11 is 6.38. The molecule has 1 amide bonds. The number of carbonyl (C=O) groups is 1. The lowest BCUT2D eigenvalue weighted by molar-refractivity contribution is -0.0405. The van der Waals surface area contributed by atoms with Crippen LogP contribution >= 0.6 is 11.6 Å². The molecule has 0 spiro atoms. The maximum atomic E-state index is 13.5. The Balaban J connectivity index is 1.33. The summed E-state index contributed by atoms with van der Waals surface area (Å²) in [4.78, 5) is 20.9. The van der Waals surface area contributed by atoms with Crippen LogP contribution in [0.15, 0.2) is 36.4 Å². The van der Waals surface area contributed by atoms with Gasteiger partial charge in [0.2, 0.25) is 10.0 Å². The number of sulfonamides is 1. The third-order valence-electron chi connectivity index (χ3n) is 12.2. The van der Waals surface area contributed by atoms with Crippen molar-refractivity contribution < 1.29 is 17.9 Å². The van der Waals surface area contributed by atoms with Gasteiger partial charge in [0.25, 0.3) is 5.91 Å². The number of anilines is 1. The molecule has 3 aliphatic heterocycles. The number of likely N-dealkylation sites (N-methyl/N-ethyl adjacent to an activating group) is 1. The fourth-order valence-corrected chi connectivity index (χ4v) is 9.93. The molecule has 4 aliphatic rings. The summed E-state index contributed by atoms with van der Waals surface area (Å²) in [5.74, 6) is 1.84. The van der Waals surface area contributed by atoms with E-state index in [0.717, 1.165) is 93.3 Å². The number of hydrogen-bond donors (Lipinski definition) is 1. The van der Waals surface area contributed by atoms with E-state index in [-0.39, 0.29) is 11.5 Å². The zero-order valence-corrected chi connectivity index (χ0v) is 31.1. The first-order valence-electron chi connectivity index (χ1n) is 18.1. The second-order valence-corrected chi connectivity index (χ2v) is 18.2. The van der Waals surface area contributed by atoms with Gasteiger partial charge in [0.1, 0.15) is 12.4 Å². The van der Waals surface area contributed by atoms with Crippen molar-refractivity contribution in [2.45, 2.75) is 89.5 Å². The summed E-state index contributed by atoms with van der Waals surface area (Å²) < 4.78 is 35.9. The first-order chi connectivity index (χ1) is 22.8. The number of halogens is 1. The minimum absolute atomic E-state index is 0.0591. The number of carbonyl (C=O) groups excluding carboxylic acids is 1. The summed E-state index contributed by atoms with van der Waals surface area (Å²) in [7, 11) is 0.502. The van der Waals surface area contributed by atoms with E-state index in [1.165, 1.54) is 18.4 Å². The Morgan fingerprint density at radius 1 is 1.00 bits per heavy atom. The van der Waals surface area contributed by atoms with E-state index >= 15 is 0 Å². The van der Waals surface area contributed by atoms with Crippen molar-refractivity contribution >= 4 is 33.2 Å². The van der Waals surface area contributed by atoms with Gasteiger partial charge >= 0.3 is 0 Å². The molecule has 10 heteroatoms. The van der Waals surface area contributed by atoms with Gasteiger partial charge in [-0.05, 0) is 138 Å². The average molecular weight is 699 g/mol. The third kappa shape index (κ3) is 7.69. The summed E-state index contributed by atoms with van der Waals surface area (Å²) in [5, 5.41) is 0.0632. The fourth-order valence-electron chi connectivity index (χ4n) is 8.43. The van der Waals surface area contributed by atoms with Gasteiger partial charge < -0.3 is 14.5 Å². The lowest BCUT2D eigenvalue weighted by Gasteiger charge is -2.54. The van der Waals surface area contributed by atoms with Crippen LogP contribution in [0.25, 0.3) is 0 Å². The minimum Gasteiger partial charge on any atom is -0.487 e. The van der Waals surface area contributed by atoms with Crippen molar-refractivity contribution in [2.24, 2.45) is 23.7 Å². The molecule has 1 saturated carbocycles. The maximum Gasteiger partial charge on any atom is 0.264 e. The molecule has 2 bridgehead atoms. The van der Waals surface area contributed by atoms with E-state index in [2.05, 4.69) is 46.5 Å². The van der Waals surface area contributed by atoms with Gasteiger partial charge in [0, 0.05) is 48.8 Å². The monoisotopic (exact) mass is 698 g/mol. The molecule has 1 aliphatic carbocycles. The number of nitrogens with one attached hydrogen (secondary N) is 1. The molecule has 2 aromatic carbocycles. The number of amides is 1. The van der Waals surface area contributed by atoms with Gasteiger partial charge in [-0.2, -0.15) is 0 Å². The molecule has 1 N–H and O–H groups in total. The third-order valence-corrected chi connectivity index (χ3v) is 14.4. The van der Waals surface area contributed by atoms with Crippen LogP contribution in [-0.2, 0) is 23.1 Å². The predicted octanol–water partition coefficient (Wildman–Crippen LogP) is 6.61. The predicted molar refractivity (Wildman–Crippen MR) is 194 cm³/mol. The summed E-state index contributed by atoms with van der Waals surface area (Å²) in [6.45, 7) is 11.5. The molecular weight excluding hydrogens is 644 g/mol. The number of likely N-dealkylation sites (tertiary alicyclic amines) is 1. The van der Waals surface area contributed by atoms with Crippen LogP contribution in [-0.4, -0.2) is 81.7 Å². The number of nitrogens with zero attached hydrogens (tertiary/aromatic N) is 3. The van der Waals surface area contributed by atoms with Crippen molar-refractivity contribution in [3.63, 3.8) is 0 Å². The quantitative estimate of drug-likeness (QED) is 0.387. The van der Waals surface area contributed by atoms with Crippen LogP contribution < -0.4 is 14.4 Å². The Hall–Kier alpha value is -2.33. The van der Waals surface area contributed by atoms with Gasteiger partial charge in [-0.3, -0.25) is 9.69 Å². The first kappa shape index (κ1) is 35.5. The molecule has 264 valence electrons. The smallest absolute Gasteiger partial charge is 0.264 e. The van der Waals surface area contributed by atoms with Crippen LogP contribution in [0.3, 0.4) is 0 Å². The number of fused-ring (bicyclic) bond motifs is 3. The van der Waals surface area contributed by atoms with Crippen LogP contribution in [0.1, 0.15) is 87.2 Å². The first-order valence-corrected chi connectivity index (χ1v) is 20.0. The van der Waals surface area contributed by atoms with E-state index in [9.17, 15) is 13.2 Å². The number of hydrogen-bond acceptors (Lipinski definition) is 7. The van der Waals surface area contributed by atoms with Gasteiger partial charge in [-0.15, -0.1) is 0 Å². The molecule has 5 atom stereocenters. The summed E-state index contributed by atoms with van der Waals surface area (Å²) in [6, 6.07) is 11.4. The molecular formula is C38H55ClN4O4S. The number of benzene rings is 2. The van der Waals surface area contributed by atoms with Crippen molar-refractivity contribution in [1.82, 2.24) is 14.5 Å². The van der Waals surface area contributed by atoms with E-state index < -0.39 is 21.2 Å². The number of ether oxygens (including phenoxy) is 1. The minimum atomic E-state index is -3.86. The van der Waals surface area contributed by atoms with Gasteiger partial charge in [0.15, 0.2) is 0 Å². The Bertz CT molecular complexity index is 1580. The highest BCUT2D eigenvalue weighted by atomic mass is 35.5. The molecule has 2 fully saturated rings. The van der Waals surface area contributed by atoms with E-state index in [1.807, 2.05) is 31.2 Å². The second-order valence-electron chi connectivity index (χ2n) is 15.7. The van der Waals surface area contributed by atoms with Crippen molar-refractivity contribution in [1.29, 1.82) is 0 Å². The number of aryl methyl sites for hydroxylation is 1. The molecule has 0 aromatic heterocycles. The van der Waals surface area contributed by atoms with E-state index in [1.54, 1.807) is 13.0 Å². The Kier molecular flexibility index (Phi) is 10.7. The highest BCUT2D eigenvalue weighted by molar-refractivity contribution is 7.90. The fraction of sp³-hybridized carbons (Fsp3) is 0.658. The Morgan fingerprint density at radius 3 is 2.52 bits per heavy atom. The molecule has 6 rings (SSSR count). The molecule has 0 radical (unpaired) electrons. The molecule has 3 heterocycles. The van der Waals surface area contributed by atoms with Crippen LogP contribution in [0.5, 0.6) is 5.75 Å². The highest BCUT2D eigenvalue weighted by Crippen LogP contribution is 2.45. The molecule has 8 nitrogen and oxygen atoms in total. The van der Waals surface area contributed by atoms with Gasteiger partial charge in [-0.1, -0.05) is 31.0 Å². The average Bonchev–Trinajstić information content (AvgIpc) is 3.04. The van der Waals surface area contributed by atoms with E-state index in [4.69, 9.17) is 16.3 Å². The van der Waals surface area contributed by atoms with Crippen molar-refractivity contribution in [3.05, 3.63) is 58.1 Å². The molecule has 1 saturated heterocycles. The summed E-state index contributed by atoms with van der Waals surface area (Å²) in [5.41, 5.74) is 3.77. The normalized spacial score (nSPS) is 29.6. The van der Waals surface area contributed by atoms with Crippen LogP contribution in [0.4, 0.5) is 5.69 Å². The lowest BCUT2D eigenvalue weighted by atomic mass is 9.65. The largest absolute Gasteiger partial charge is 0.487 e. The highest BCUT2D eigenvalue weighted by Gasteiger charge is 2.44. The van der Waals surface area contributed by atoms with Crippen LogP contribution in [0.2, 0.25) is 5.02 Å². The molecule has 0 unspecified atom stereocenters. The zero-order valence-electron chi connectivity index (χ0n) is 29.5. The van der Waals surface area contributed by atoms with Crippen molar-refractivity contribution in [2.75, 3.05) is 51.7 Å².